The normalized spacial score (nSPS) is 10.9. The first-order valence-electron chi connectivity index (χ1n) is 11.4. The van der Waals surface area contributed by atoms with Crippen LogP contribution in [0.4, 0.5) is 10.1 Å². The Labute approximate surface area is 211 Å². The highest BCUT2D eigenvalue weighted by molar-refractivity contribution is 6.30. The molecule has 3 aromatic carbocycles. The van der Waals surface area contributed by atoms with E-state index in [2.05, 4.69) is 64.1 Å². The molecule has 0 aliphatic carbocycles. The Morgan fingerprint density at radius 3 is 2.20 bits per heavy atom. The van der Waals surface area contributed by atoms with Crippen molar-refractivity contribution in [1.29, 1.82) is 5.26 Å². The molecule has 0 atom stereocenters. The van der Waals surface area contributed by atoms with E-state index in [0.29, 0.717) is 18.0 Å². The van der Waals surface area contributed by atoms with Gasteiger partial charge in [0.25, 0.3) is 0 Å². The van der Waals surface area contributed by atoms with Crippen LogP contribution in [0, 0.1) is 17.1 Å². The molecule has 0 bridgehead atoms. The number of halogens is 2. The number of aromatic nitrogens is 1. The first-order valence-corrected chi connectivity index (χ1v) is 11.7. The monoisotopic (exact) mass is 482 g/mol. The third kappa shape index (κ3) is 5.95. The van der Waals surface area contributed by atoms with Gasteiger partial charge in [-0.25, -0.2) is 4.39 Å². The molecule has 0 unspecified atom stereocenters. The van der Waals surface area contributed by atoms with E-state index in [0.717, 1.165) is 39.3 Å². The Kier molecular flexibility index (Phi) is 7.60. The second-order valence-corrected chi connectivity index (χ2v) is 8.82. The Balaban J connectivity index is 1.70. The molecule has 174 valence electrons. The molecule has 35 heavy (non-hydrogen) atoms. The third-order valence-electron chi connectivity index (χ3n) is 6.00. The summed E-state index contributed by atoms with van der Waals surface area (Å²) in [5, 5.41) is 9.50. The van der Waals surface area contributed by atoms with Crippen LogP contribution in [0.5, 0.6) is 0 Å². The van der Waals surface area contributed by atoms with Crippen LogP contribution >= 0.6 is 11.6 Å². The van der Waals surface area contributed by atoms with Crippen LogP contribution in [0.2, 0.25) is 5.02 Å². The maximum Gasteiger partial charge on any atom is 0.213 e. The number of nitrogens with zero attached hydrogens (tertiary/aromatic N) is 3. The molecule has 4 rings (SSSR count). The summed E-state index contributed by atoms with van der Waals surface area (Å²) in [6.07, 6.45) is 4.66. The van der Waals surface area contributed by atoms with Crippen molar-refractivity contribution in [2.45, 2.75) is 6.42 Å². The van der Waals surface area contributed by atoms with Gasteiger partial charge >= 0.3 is 0 Å². The quantitative estimate of drug-likeness (QED) is 0.262. The minimum Gasteiger partial charge on any atom is -0.374 e. The molecule has 0 aliphatic rings. The van der Waals surface area contributed by atoms with Gasteiger partial charge < -0.3 is 4.90 Å². The minimum atomic E-state index is -0.257. The van der Waals surface area contributed by atoms with Gasteiger partial charge in [-0.15, -0.1) is 0 Å². The fourth-order valence-electron chi connectivity index (χ4n) is 3.92. The fraction of sp³-hybridized carbons (Fsp3) is 0.133. The topological polar surface area (TPSA) is 30.9 Å². The number of nitriles is 1. The van der Waals surface area contributed by atoms with Crippen molar-refractivity contribution in [1.82, 2.24) is 0 Å². The van der Waals surface area contributed by atoms with Crippen LogP contribution in [0.15, 0.2) is 84.9 Å². The van der Waals surface area contributed by atoms with E-state index in [4.69, 9.17) is 16.9 Å². The Morgan fingerprint density at radius 1 is 0.886 bits per heavy atom. The molecule has 5 heteroatoms. The molecular weight excluding hydrogens is 457 g/mol. The van der Waals surface area contributed by atoms with Gasteiger partial charge in [-0.2, -0.15) is 9.83 Å². The summed E-state index contributed by atoms with van der Waals surface area (Å²) in [5.41, 5.74) is 7.17. The van der Waals surface area contributed by atoms with Crippen LogP contribution < -0.4 is 9.47 Å². The first-order chi connectivity index (χ1) is 16.9. The predicted molar refractivity (Wildman–Crippen MR) is 142 cm³/mol. The zero-order valence-corrected chi connectivity index (χ0v) is 20.5. The van der Waals surface area contributed by atoms with Crippen molar-refractivity contribution in [2.75, 3.05) is 18.5 Å². The summed E-state index contributed by atoms with van der Waals surface area (Å²) >= 11 is 6.10. The Hall–Kier alpha value is -3.94. The van der Waals surface area contributed by atoms with E-state index < -0.39 is 0 Å². The van der Waals surface area contributed by atoms with Gasteiger partial charge in [-0.3, -0.25) is 0 Å². The highest BCUT2D eigenvalue weighted by Gasteiger charge is 2.17. The molecule has 0 fully saturated rings. The maximum atomic E-state index is 13.6. The summed E-state index contributed by atoms with van der Waals surface area (Å²) in [6, 6.07) is 29.0. The van der Waals surface area contributed by atoms with Gasteiger partial charge in [0.05, 0.1) is 12.5 Å². The summed E-state index contributed by atoms with van der Waals surface area (Å²) in [4.78, 5) is 2.07. The van der Waals surface area contributed by atoms with Crippen LogP contribution in [0.3, 0.4) is 0 Å². The highest BCUT2D eigenvalue weighted by Crippen LogP contribution is 2.27. The standard InChI is InChI=1S/C30H26ClFN3/c1-34(19-3-18-33)28-15-4-22(5-16-28)6-17-29-20-25(23-7-11-26(31)12-8-23)21-30(35(29)2)24-9-13-27(32)14-10-24/h4-17,20-21H,3,19H2,1-2H3/q+1. The van der Waals surface area contributed by atoms with Crippen LogP contribution in [0.1, 0.15) is 17.7 Å². The second-order valence-electron chi connectivity index (χ2n) is 8.38. The lowest BCUT2D eigenvalue weighted by molar-refractivity contribution is -0.662. The molecule has 0 N–H and O–H groups in total. The summed E-state index contributed by atoms with van der Waals surface area (Å²) < 4.78 is 15.7. The van der Waals surface area contributed by atoms with Crippen molar-refractivity contribution in [3.8, 4) is 28.5 Å². The van der Waals surface area contributed by atoms with Crippen molar-refractivity contribution >= 4 is 29.4 Å². The average Bonchev–Trinajstić information content (AvgIpc) is 2.88. The largest absolute Gasteiger partial charge is 0.374 e. The van der Waals surface area contributed by atoms with Gasteiger partial charge in [-0.1, -0.05) is 35.9 Å². The van der Waals surface area contributed by atoms with Crippen molar-refractivity contribution in [3.63, 3.8) is 0 Å². The summed E-state index contributed by atoms with van der Waals surface area (Å²) in [6.45, 7) is 0.700. The highest BCUT2D eigenvalue weighted by atomic mass is 35.5. The Morgan fingerprint density at radius 2 is 1.54 bits per heavy atom. The van der Waals surface area contributed by atoms with Gasteiger partial charge in [0.15, 0.2) is 0 Å². The van der Waals surface area contributed by atoms with Gasteiger partial charge in [0, 0.05) is 48.1 Å². The number of hydrogen-bond acceptors (Lipinski definition) is 2. The lowest BCUT2D eigenvalue weighted by Crippen LogP contribution is -2.34. The van der Waals surface area contributed by atoms with E-state index >= 15 is 0 Å². The van der Waals surface area contributed by atoms with E-state index in [1.165, 1.54) is 12.1 Å². The molecule has 0 aliphatic heterocycles. The predicted octanol–water partition coefficient (Wildman–Crippen LogP) is 7.16. The summed E-state index contributed by atoms with van der Waals surface area (Å²) in [5.74, 6) is -0.257. The zero-order valence-electron chi connectivity index (χ0n) is 19.7. The smallest absolute Gasteiger partial charge is 0.213 e. The minimum absolute atomic E-state index is 0.257. The van der Waals surface area contributed by atoms with E-state index in [9.17, 15) is 4.39 Å². The molecule has 0 spiro atoms. The number of benzene rings is 3. The molecular formula is C30H26ClFN3+. The van der Waals surface area contributed by atoms with E-state index in [1.807, 2.05) is 38.4 Å². The van der Waals surface area contributed by atoms with E-state index in [1.54, 1.807) is 12.1 Å². The van der Waals surface area contributed by atoms with Crippen LogP contribution in [0.25, 0.3) is 34.5 Å². The lowest BCUT2D eigenvalue weighted by atomic mass is 10.0. The molecule has 0 saturated carbocycles. The third-order valence-corrected chi connectivity index (χ3v) is 6.25. The first kappa shape index (κ1) is 24.2. The number of hydrogen-bond donors (Lipinski definition) is 0. The number of anilines is 1. The SMILES string of the molecule is CN(CCC#N)c1ccc(C=Cc2cc(-c3ccc(Cl)cc3)cc(-c3ccc(F)cc3)[n+]2C)cc1. The Bertz CT molecular complexity index is 1370. The molecule has 0 radical (unpaired) electrons. The summed E-state index contributed by atoms with van der Waals surface area (Å²) in [7, 11) is 4.00. The molecule has 0 amide bonds. The lowest BCUT2D eigenvalue weighted by Gasteiger charge is -2.17. The molecule has 1 heterocycles. The zero-order chi connectivity index (χ0) is 24.8. The number of rotatable bonds is 7. The van der Waals surface area contributed by atoms with Gasteiger partial charge in [0.1, 0.15) is 12.9 Å². The van der Waals surface area contributed by atoms with Gasteiger partial charge in [-0.05, 0) is 71.3 Å². The molecule has 1 aromatic heterocycles. The second kappa shape index (κ2) is 11.0. The van der Waals surface area contributed by atoms with Crippen LogP contribution in [-0.4, -0.2) is 13.6 Å². The van der Waals surface area contributed by atoms with Gasteiger partial charge in [0.2, 0.25) is 11.4 Å². The molecule has 4 aromatic rings. The maximum absolute atomic E-state index is 13.6. The van der Waals surface area contributed by atoms with Crippen LogP contribution in [-0.2, 0) is 7.05 Å². The van der Waals surface area contributed by atoms with Crippen molar-refractivity contribution in [3.05, 3.63) is 107 Å². The molecule has 0 saturated heterocycles. The average molecular weight is 483 g/mol. The molecule has 3 nitrogen and oxygen atoms in total. The van der Waals surface area contributed by atoms with E-state index in [-0.39, 0.29) is 5.82 Å². The fourth-order valence-corrected chi connectivity index (χ4v) is 4.04. The van der Waals surface area contributed by atoms with Crippen molar-refractivity contribution in [2.24, 2.45) is 7.05 Å². The van der Waals surface area contributed by atoms with Crippen molar-refractivity contribution < 1.29 is 8.96 Å². The number of pyridine rings is 1.